The van der Waals surface area contributed by atoms with E-state index in [1.807, 2.05) is 73.7 Å². The Labute approximate surface area is 223 Å². The Kier molecular flexibility index (Phi) is 8.82. The molecule has 0 atom stereocenters. The molecule has 0 heterocycles. The second-order valence-electron chi connectivity index (χ2n) is 8.57. The highest BCUT2D eigenvalue weighted by molar-refractivity contribution is 5.82. The first-order chi connectivity index (χ1) is 18.6. The lowest BCUT2D eigenvalue weighted by Gasteiger charge is -2.20. The van der Waals surface area contributed by atoms with E-state index in [2.05, 4.69) is 62.4 Å². The summed E-state index contributed by atoms with van der Waals surface area (Å²) in [6, 6.07) is 30.7. The molecule has 0 saturated carbocycles. The van der Waals surface area contributed by atoms with Crippen molar-refractivity contribution in [3.8, 4) is 6.07 Å². The molecule has 38 heavy (non-hydrogen) atoms. The third-order valence-corrected chi connectivity index (χ3v) is 5.97. The van der Waals surface area contributed by atoms with Crippen LogP contribution in [0.3, 0.4) is 0 Å². The number of aryl methyl sites for hydroxylation is 1. The fourth-order valence-corrected chi connectivity index (χ4v) is 3.76. The van der Waals surface area contributed by atoms with Crippen molar-refractivity contribution >= 4 is 40.3 Å². The standard InChI is InChI=1S/C31H29N7/c1-4-38(5-2)30-17-14-28(15-18-30)34-36-29-16-19-31(23(3)20-29)37-35-27-12-8-25(9-13-27)22-33-26-10-6-24(21-32)7-11-26/h6-20,22H,4-5H2,1-3H3. The molecule has 0 spiro atoms. The summed E-state index contributed by atoms with van der Waals surface area (Å²) in [6.45, 7) is 8.23. The number of azo groups is 2. The summed E-state index contributed by atoms with van der Waals surface area (Å²) >= 11 is 0. The van der Waals surface area contributed by atoms with E-state index in [9.17, 15) is 0 Å². The second kappa shape index (κ2) is 12.8. The molecule has 4 aromatic rings. The van der Waals surface area contributed by atoms with E-state index in [-0.39, 0.29) is 0 Å². The van der Waals surface area contributed by atoms with E-state index >= 15 is 0 Å². The molecule has 0 bridgehead atoms. The van der Waals surface area contributed by atoms with Crippen LogP contribution in [0.15, 0.2) is 116 Å². The number of hydrogen-bond donors (Lipinski definition) is 0. The molecular weight excluding hydrogens is 470 g/mol. The molecule has 0 saturated heterocycles. The molecule has 0 aliphatic carbocycles. The van der Waals surface area contributed by atoms with Crippen molar-refractivity contribution in [2.24, 2.45) is 25.4 Å². The van der Waals surface area contributed by atoms with Crippen LogP contribution >= 0.6 is 0 Å². The number of rotatable bonds is 9. The van der Waals surface area contributed by atoms with E-state index in [0.717, 1.165) is 52.7 Å². The van der Waals surface area contributed by atoms with Crippen LogP contribution in [0, 0.1) is 18.3 Å². The summed E-state index contributed by atoms with van der Waals surface area (Å²) in [6.07, 6.45) is 1.78. The number of nitriles is 1. The van der Waals surface area contributed by atoms with Gasteiger partial charge in [-0.25, -0.2) is 0 Å². The summed E-state index contributed by atoms with van der Waals surface area (Å²) in [5.41, 5.74) is 7.60. The zero-order chi connectivity index (χ0) is 26.7. The van der Waals surface area contributed by atoms with Gasteiger partial charge in [-0.1, -0.05) is 12.1 Å². The average Bonchev–Trinajstić information content (AvgIpc) is 2.96. The molecule has 0 unspecified atom stereocenters. The summed E-state index contributed by atoms with van der Waals surface area (Å²) in [4.78, 5) is 6.73. The molecule has 0 aliphatic heterocycles. The molecule has 0 fully saturated rings. The van der Waals surface area contributed by atoms with Crippen LogP contribution in [-0.4, -0.2) is 19.3 Å². The van der Waals surface area contributed by atoms with E-state index in [4.69, 9.17) is 5.26 Å². The van der Waals surface area contributed by atoms with Gasteiger partial charge in [-0.3, -0.25) is 4.99 Å². The predicted molar refractivity (Wildman–Crippen MR) is 154 cm³/mol. The van der Waals surface area contributed by atoms with Gasteiger partial charge in [-0.15, -0.1) is 0 Å². The van der Waals surface area contributed by atoms with Crippen molar-refractivity contribution in [2.45, 2.75) is 20.8 Å². The molecule has 7 nitrogen and oxygen atoms in total. The number of nitrogens with zero attached hydrogens (tertiary/aromatic N) is 7. The van der Waals surface area contributed by atoms with Crippen molar-refractivity contribution < 1.29 is 0 Å². The summed E-state index contributed by atoms with van der Waals surface area (Å²) < 4.78 is 0. The maximum Gasteiger partial charge on any atom is 0.0991 e. The highest BCUT2D eigenvalue weighted by atomic mass is 15.1. The third kappa shape index (κ3) is 7.05. The van der Waals surface area contributed by atoms with Crippen molar-refractivity contribution in [1.82, 2.24) is 0 Å². The summed E-state index contributed by atoms with van der Waals surface area (Å²) in [7, 11) is 0. The van der Waals surface area contributed by atoms with Crippen LogP contribution in [0.2, 0.25) is 0 Å². The Morgan fingerprint density at radius 2 is 1.24 bits per heavy atom. The molecule has 4 aromatic carbocycles. The normalized spacial score (nSPS) is 11.4. The third-order valence-electron chi connectivity index (χ3n) is 5.97. The maximum atomic E-state index is 8.89. The van der Waals surface area contributed by atoms with E-state index < -0.39 is 0 Å². The topological polar surface area (TPSA) is 88.8 Å². The Morgan fingerprint density at radius 3 is 1.84 bits per heavy atom. The smallest absolute Gasteiger partial charge is 0.0991 e. The largest absolute Gasteiger partial charge is 0.372 e. The first kappa shape index (κ1) is 26.1. The summed E-state index contributed by atoms with van der Waals surface area (Å²) in [5, 5.41) is 26.4. The van der Waals surface area contributed by atoms with Crippen LogP contribution in [0.4, 0.5) is 34.1 Å². The fourth-order valence-electron chi connectivity index (χ4n) is 3.76. The van der Waals surface area contributed by atoms with Crippen LogP contribution in [0.5, 0.6) is 0 Å². The number of anilines is 1. The number of benzene rings is 4. The van der Waals surface area contributed by atoms with Crippen molar-refractivity contribution in [3.63, 3.8) is 0 Å². The van der Waals surface area contributed by atoms with Gasteiger partial charge in [0.05, 0.1) is 40.1 Å². The van der Waals surface area contributed by atoms with Gasteiger partial charge in [0.25, 0.3) is 0 Å². The molecule has 0 amide bonds. The Bertz CT molecular complexity index is 1470. The molecule has 188 valence electrons. The molecule has 7 heteroatoms. The van der Waals surface area contributed by atoms with Gasteiger partial charge in [-0.05, 0) is 111 Å². The van der Waals surface area contributed by atoms with Crippen molar-refractivity contribution in [1.29, 1.82) is 5.26 Å². The number of aliphatic imine (C=N–C) groups is 1. The monoisotopic (exact) mass is 499 g/mol. The van der Waals surface area contributed by atoms with Gasteiger partial charge < -0.3 is 4.90 Å². The van der Waals surface area contributed by atoms with Crippen molar-refractivity contribution in [3.05, 3.63) is 108 Å². The van der Waals surface area contributed by atoms with E-state index in [0.29, 0.717) is 5.56 Å². The van der Waals surface area contributed by atoms with Crippen molar-refractivity contribution in [2.75, 3.05) is 18.0 Å². The second-order valence-corrected chi connectivity index (χ2v) is 8.57. The Morgan fingerprint density at radius 1 is 0.684 bits per heavy atom. The van der Waals surface area contributed by atoms with E-state index in [1.54, 1.807) is 18.3 Å². The number of hydrogen-bond acceptors (Lipinski definition) is 7. The Hall–Kier alpha value is -4.96. The van der Waals surface area contributed by atoms with Crippen LogP contribution in [0.1, 0.15) is 30.5 Å². The molecule has 0 aliphatic rings. The quantitative estimate of drug-likeness (QED) is 0.170. The lowest BCUT2D eigenvalue weighted by molar-refractivity contribution is 0.866. The van der Waals surface area contributed by atoms with Gasteiger partial charge in [0.2, 0.25) is 0 Å². The highest BCUT2D eigenvalue weighted by Gasteiger charge is 2.02. The minimum Gasteiger partial charge on any atom is -0.372 e. The molecular formula is C31H29N7. The molecule has 0 aromatic heterocycles. The lowest BCUT2D eigenvalue weighted by atomic mass is 10.2. The average molecular weight is 500 g/mol. The van der Waals surface area contributed by atoms with Gasteiger partial charge in [-0.2, -0.15) is 25.7 Å². The minimum absolute atomic E-state index is 0.615. The van der Waals surface area contributed by atoms with Crippen LogP contribution in [0.25, 0.3) is 0 Å². The molecule has 4 rings (SSSR count). The first-order valence-electron chi connectivity index (χ1n) is 12.5. The van der Waals surface area contributed by atoms with E-state index in [1.165, 1.54) is 5.69 Å². The van der Waals surface area contributed by atoms with Gasteiger partial charge in [0.15, 0.2) is 0 Å². The van der Waals surface area contributed by atoms with Gasteiger partial charge in [0.1, 0.15) is 0 Å². The SMILES string of the molecule is CCN(CC)c1ccc(N=Nc2ccc(N=Nc3ccc(C=Nc4ccc(C#N)cc4)cc3)c(C)c2)cc1. The lowest BCUT2D eigenvalue weighted by Crippen LogP contribution is -2.21. The first-order valence-corrected chi connectivity index (χ1v) is 12.5. The zero-order valence-corrected chi connectivity index (χ0v) is 21.8. The van der Waals surface area contributed by atoms with Crippen LogP contribution in [-0.2, 0) is 0 Å². The summed E-state index contributed by atoms with van der Waals surface area (Å²) in [5.74, 6) is 0. The van der Waals surface area contributed by atoms with Gasteiger partial charge in [0, 0.05) is 25.0 Å². The minimum atomic E-state index is 0.615. The predicted octanol–water partition coefficient (Wildman–Crippen LogP) is 9.29. The van der Waals surface area contributed by atoms with Gasteiger partial charge >= 0.3 is 0 Å². The maximum absolute atomic E-state index is 8.89. The fraction of sp³-hybridized carbons (Fsp3) is 0.161. The highest BCUT2D eigenvalue weighted by Crippen LogP contribution is 2.28. The molecule has 0 N–H and O–H groups in total. The zero-order valence-electron chi connectivity index (χ0n) is 21.8. The Balaban J connectivity index is 1.37. The van der Waals surface area contributed by atoms with Crippen LogP contribution < -0.4 is 4.90 Å². The molecule has 0 radical (unpaired) electrons.